The van der Waals surface area contributed by atoms with Gasteiger partial charge in [-0.3, -0.25) is 9.59 Å². The van der Waals surface area contributed by atoms with E-state index in [-0.39, 0.29) is 6.54 Å². The molecule has 0 aliphatic heterocycles. The summed E-state index contributed by atoms with van der Waals surface area (Å²) in [5, 5.41) is 8.67. The second kappa shape index (κ2) is 6.09. The predicted molar refractivity (Wildman–Crippen MR) is 60.2 cm³/mol. The molecule has 1 aromatic carbocycles. The van der Waals surface area contributed by atoms with Crippen LogP contribution in [0.4, 0.5) is 8.78 Å². The molecule has 4 nitrogen and oxygen atoms in total. The monoisotopic (exact) mass is 257 g/mol. The van der Waals surface area contributed by atoms with Crippen molar-refractivity contribution < 1.29 is 23.5 Å². The van der Waals surface area contributed by atoms with E-state index in [1.807, 2.05) is 0 Å². The Morgan fingerprint density at radius 3 is 2.56 bits per heavy atom. The molecule has 0 atom stereocenters. The molecular weight excluding hydrogens is 244 g/mol. The lowest BCUT2D eigenvalue weighted by Gasteiger charge is -2.20. The number of amides is 1. The Morgan fingerprint density at radius 2 is 2.00 bits per heavy atom. The van der Waals surface area contributed by atoms with E-state index in [0.29, 0.717) is 6.42 Å². The molecule has 0 aliphatic rings. The van der Waals surface area contributed by atoms with Crippen molar-refractivity contribution in [2.75, 3.05) is 13.1 Å². The van der Waals surface area contributed by atoms with E-state index in [9.17, 15) is 18.4 Å². The summed E-state index contributed by atoms with van der Waals surface area (Å²) in [7, 11) is 0. The smallest absolute Gasteiger partial charge is 0.323 e. The van der Waals surface area contributed by atoms with E-state index in [1.165, 1.54) is 0 Å². The highest BCUT2D eigenvalue weighted by Gasteiger charge is 2.21. The van der Waals surface area contributed by atoms with Gasteiger partial charge in [0.1, 0.15) is 18.2 Å². The van der Waals surface area contributed by atoms with Gasteiger partial charge in [0.15, 0.2) is 0 Å². The van der Waals surface area contributed by atoms with Gasteiger partial charge in [-0.15, -0.1) is 0 Å². The highest BCUT2D eigenvalue weighted by molar-refractivity contribution is 5.96. The van der Waals surface area contributed by atoms with Crippen LogP contribution < -0.4 is 0 Å². The van der Waals surface area contributed by atoms with Gasteiger partial charge in [0, 0.05) is 6.54 Å². The van der Waals surface area contributed by atoms with Crippen LogP contribution in [0, 0.1) is 11.6 Å². The van der Waals surface area contributed by atoms with Gasteiger partial charge in [-0.2, -0.15) is 0 Å². The maximum atomic E-state index is 13.4. The SMILES string of the molecule is CCCN(CC(=O)O)C(=O)c1cc(F)ccc1F. The molecule has 0 unspecified atom stereocenters. The molecule has 1 rings (SSSR count). The zero-order valence-electron chi connectivity index (χ0n) is 9.82. The fraction of sp³-hybridized carbons (Fsp3) is 0.333. The first-order chi connectivity index (χ1) is 8.45. The Morgan fingerprint density at radius 1 is 1.33 bits per heavy atom. The second-order valence-electron chi connectivity index (χ2n) is 3.74. The molecule has 0 aliphatic carbocycles. The van der Waals surface area contributed by atoms with E-state index < -0.39 is 35.6 Å². The third-order valence-electron chi connectivity index (χ3n) is 2.27. The summed E-state index contributed by atoms with van der Waals surface area (Å²) in [6, 6.07) is 2.50. The summed E-state index contributed by atoms with van der Waals surface area (Å²) in [6.07, 6.45) is 0.524. The zero-order chi connectivity index (χ0) is 13.7. The molecule has 0 bridgehead atoms. The van der Waals surface area contributed by atoms with Crippen LogP contribution >= 0.6 is 0 Å². The minimum absolute atomic E-state index is 0.168. The number of aliphatic carboxylic acids is 1. The number of halogens is 2. The standard InChI is InChI=1S/C12H13F2NO3/c1-2-5-15(7-11(16)17)12(18)9-6-8(13)3-4-10(9)14/h3-4,6H,2,5,7H2,1H3,(H,16,17). The van der Waals surface area contributed by atoms with Gasteiger partial charge in [0.05, 0.1) is 5.56 Å². The van der Waals surface area contributed by atoms with E-state index in [1.54, 1.807) is 6.92 Å². The molecule has 1 amide bonds. The van der Waals surface area contributed by atoms with E-state index in [4.69, 9.17) is 5.11 Å². The highest BCUT2D eigenvalue weighted by Crippen LogP contribution is 2.12. The molecule has 1 N–H and O–H groups in total. The zero-order valence-corrected chi connectivity index (χ0v) is 9.82. The number of carbonyl (C=O) groups is 2. The third kappa shape index (κ3) is 3.51. The second-order valence-corrected chi connectivity index (χ2v) is 3.74. The minimum atomic E-state index is -1.20. The first kappa shape index (κ1) is 14.1. The summed E-state index contributed by atoms with van der Waals surface area (Å²) in [5.74, 6) is -3.63. The lowest BCUT2D eigenvalue weighted by molar-refractivity contribution is -0.137. The van der Waals surface area contributed by atoms with Crippen LogP contribution in [0.25, 0.3) is 0 Å². The number of rotatable bonds is 5. The Balaban J connectivity index is 3.01. The van der Waals surface area contributed by atoms with Crippen LogP contribution in [0.15, 0.2) is 18.2 Å². The number of nitrogens with zero attached hydrogens (tertiary/aromatic N) is 1. The van der Waals surface area contributed by atoms with Gasteiger partial charge in [-0.05, 0) is 24.6 Å². The van der Waals surface area contributed by atoms with Gasteiger partial charge >= 0.3 is 5.97 Å². The molecule has 0 heterocycles. The largest absolute Gasteiger partial charge is 0.480 e. The summed E-state index contributed by atoms with van der Waals surface area (Å²) >= 11 is 0. The maximum Gasteiger partial charge on any atom is 0.323 e. The van der Waals surface area contributed by atoms with Gasteiger partial charge in [0.2, 0.25) is 0 Å². The predicted octanol–water partition coefficient (Wildman–Crippen LogP) is 1.90. The average Bonchev–Trinajstić information content (AvgIpc) is 2.30. The van der Waals surface area contributed by atoms with Crippen molar-refractivity contribution in [2.24, 2.45) is 0 Å². The van der Waals surface area contributed by atoms with Crippen LogP contribution in [0.3, 0.4) is 0 Å². The summed E-state index contributed by atoms with van der Waals surface area (Å²) in [5.41, 5.74) is -0.454. The Labute approximate surface area is 103 Å². The highest BCUT2D eigenvalue weighted by atomic mass is 19.1. The molecule has 0 saturated carbocycles. The summed E-state index contributed by atoms with van der Waals surface area (Å²) in [4.78, 5) is 23.5. The Kier molecular flexibility index (Phi) is 4.76. The van der Waals surface area contributed by atoms with Gasteiger partial charge in [0.25, 0.3) is 5.91 Å². The third-order valence-corrected chi connectivity index (χ3v) is 2.27. The first-order valence-electron chi connectivity index (χ1n) is 5.41. The van der Waals surface area contributed by atoms with Crippen molar-refractivity contribution in [1.29, 1.82) is 0 Å². The fourth-order valence-electron chi connectivity index (χ4n) is 1.52. The number of carboxylic acids is 1. The number of hydrogen-bond acceptors (Lipinski definition) is 2. The van der Waals surface area contributed by atoms with Crippen molar-refractivity contribution in [1.82, 2.24) is 4.90 Å². The van der Waals surface area contributed by atoms with Crippen LogP contribution in [0.2, 0.25) is 0 Å². The number of carboxylic acid groups (broad SMARTS) is 1. The molecule has 1 aromatic rings. The van der Waals surface area contributed by atoms with Crippen LogP contribution in [-0.2, 0) is 4.79 Å². The van der Waals surface area contributed by atoms with Crippen molar-refractivity contribution >= 4 is 11.9 Å². The number of benzene rings is 1. The quantitative estimate of drug-likeness (QED) is 0.876. The van der Waals surface area contributed by atoms with Crippen molar-refractivity contribution in [3.8, 4) is 0 Å². The van der Waals surface area contributed by atoms with Gasteiger partial charge in [-0.25, -0.2) is 8.78 Å². The Bertz CT molecular complexity index is 463. The molecule has 6 heteroatoms. The van der Waals surface area contributed by atoms with Crippen molar-refractivity contribution in [2.45, 2.75) is 13.3 Å². The number of carbonyl (C=O) groups excluding carboxylic acids is 1. The Hall–Kier alpha value is -1.98. The molecule has 0 saturated heterocycles. The molecular formula is C12H13F2NO3. The summed E-state index contributed by atoms with van der Waals surface area (Å²) < 4.78 is 26.4. The van der Waals surface area contributed by atoms with Crippen LogP contribution in [0.1, 0.15) is 23.7 Å². The van der Waals surface area contributed by atoms with Gasteiger partial charge in [-0.1, -0.05) is 6.92 Å². The molecule has 0 radical (unpaired) electrons. The summed E-state index contributed by atoms with van der Waals surface area (Å²) in [6.45, 7) is 1.38. The van der Waals surface area contributed by atoms with E-state index >= 15 is 0 Å². The minimum Gasteiger partial charge on any atom is -0.480 e. The van der Waals surface area contributed by atoms with E-state index in [0.717, 1.165) is 23.1 Å². The molecule has 0 spiro atoms. The molecule has 0 aromatic heterocycles. The molecule has 0 fully saturated rings. The van der Waals surface area contributed by atoms with Crippen LogP contribution in [0.5, 0.6) is 0 Å². The number of hydrogen-bond donors (Lipinski definition) is 1. The molecule has 98 valence electrons. The van der Waals surface area contributed by atoms with Crippen molar-refractivity contribution in [3.05, 3.63) is 35.4 Å². The molecule has 18 heavy (non-hydrogen) atoms. The topological polar surface area (TPSA) is 57.6 Å². The van der Waals surface area contributed by atoms with E-state index in [2.05, 4.69) is 0 Å². The lowest BCUT2D eigenvalue weighted by Crippen LogP contribution is -2.36. The van der Waals surface area contributed by atoms with Crippen LogP contribution in [-0.4, -0.2) is 35.0 Å². The first-order valence-corrected chi connectivity index (χ1v) is 5.41. The van der Waals surface area contributed by atoms with Gasteiger partial charge < -0.3 is 10.0 Å². The average molecular weight is 257 g/mol. The maximum absolute atomic E-state index is 13.4. The lowest BCUT2D eigenvalue weighted by atomic mass is 10.1. The van der Waals surface area contributed by atoms with Crippen molar-refractivity contribution in [3.63, 3.8) is 0 Å². The fourth-order valence-corrected chi connectivity index (χ4v) is 1.52. The normalized spacial score (nSPS) is 10.2.